The van der Waals surface area contributed by atoms with Crippen molar-refractivity contribution in [2.24, 2.45) is 5.92 Å². The first-order chi connectivity index (χ1) is 17.5. The van der Waals surface area contributed by atoms with Gasteiger partial charge in [0.05, 0.1) is 18.7 Å². The number of pyridine rings is 1. The molecule has 0 unspecified atom stereocenters. The highest BCUT2D eigenvalue weighted by Gasteiger charge is 2.30. The molecule has 2 bridgehead atoms. The lowest BCUT2D eigenvalue weighted by atomic mass is 10.0. The van der Waals surface area contributed by atoms with E-state index in [1.54, 1.807) is 19.9 Å². The van der Waals surface area contributed by atoms with E-state index in [0.717, 1.165) is 23.9 Å². The predicted octanol–water partition coefficient (Wildman–Crippen LogP) is 2.15. The second-order valence-corrected chi connectivity index (χ2v) is 9.76. The lowest BCUT2D eigenvalue weighted by Crippen LogP contribution is -2.48. The highest BCUT2D eigenvalue weighted by Crippen LogP contribution is 2.13. The molecule has 1 aliphatic heterocycles. The number of halogens is 1. The fourth-order valence-electron chi connectivity index (χ4n) is 3.23. The van der Waals surface area contributed by atoms with Crippen molar-refractivity contribution < 1.29 is 33.1 Å². The Kier molecular flexibility index (Phi) is 11.4. The molecule has 200 valence electrons. The van der Waals surface area contributed by atoms with Crippen molar-refractivity contribution in [2.45, 2.75) is 59.2 Å². The van der Waals surface area contributed by atoms with E-state index in [0.29, 0.717) is 12.2 Å². The van der Waals surface area contributed by atoms with Gasteiger partial charge in [-0.3, -0.25) is 19.2 Å². The Morgan fingerprint density at radius 1 is 1.24 bits per heavy atom. The molecule has 0 spiro atoms. The van der Waals surface area contributed by atoms with Crippen LogP contribution in [0.5, 0.6) is 0 Å². The summed E-state index contributed by atoms with van der Waals surface area (Å²) in [4.78, 5) is 66.2. The SMILES string of the molecule is C/C=C1\NC(=O)c2ccc(F)c(n2)CNC(=O)C[C@@H](/C=C/CCSC(C)=O)OC(=O)[C@H](C(C)C)NC1=O. The molecule has 0 aromatic carbocycles. The van der Waals surface area contributed by atoms with Gasteiger partial charge in [-0.25, -0.2) is 14.2 Å². The minimum absolute atomic E-state index is 0.0268. The number of allylic oxidation sites excluding steroid dienone is 2. The molecule has 12 heteroatoms. The average molecular weight is 535 g/mol. The van der Waals surface area contributed by atoms with Gasteiger partial charge in [-0.05, 0) is 37.5 Å². The zero-order valence-corrected chi connectivity index (χ0v) is 21.9. The standard InChI is InChI=1S/C25H31FN4O6S/c1-5-18-23(33)30-22(14(2)3)25(35)36-16(8-6-7-11-37-15(4)31)12-21(32)27-13-20-17(26)9-10-19(28-20)24(34)29-18/h5-6,8-10,14,16,22H,7,11-13H2,1-4H3,(H,27,32)(H,29,34)(H,30,33)/b8-6+,18-5-/t16-,22+/m1/s1. The van der Waals surface area contributed by atoms with Crippen LogP contribution in [0.3, 0.4) is 0 Å². The second kappa shape index (κ2) is 14.3. The van der Waals surface area contributed by atoms with Crippen LogP contribution in [0, 0.1) is 11.7 Å². The van der Waals surface area contributed by atoms with Gasteiger partial charge < -0.3 is 20.7 Å². The van der Waals surface area contributed by atoms with Crippen LogP contribution in [0.1, 0.15) is 56.7 Å². The maximum Gasteiger partial charge on any atom is 0.329 e. The molecule has 0 fully saturated rings. The average Bonchev–Trinajstić information content (AvgIpc) is 2.83. The quantitative estimate of drug-likeness (QED) is 0.226. The normalized spacial score (nSPS) is 21.0. The zero-order valence-electron chi connectivity index (χ0n) is 21.1. The van der Waals surface area contributed by atoms with Gasteiger partial charge in [-0.15, -0.1) is 0 Å². The number of hydrogen-bond donors (Lipinski definition) is 3. The van der Waals surface area contributed by atoms with Gasteiger partial charge in [-0.2, -0.15) is 0 Å². The molecule has 2 rings (SSSR count). The third-order valence-corrected chi connectivity index (χ3v) is 6.03. The van der Waals surface area contributed by atoms with Crippen molar-refractivity contribution in [3.63, 3.8) is 0 Å². The van der Waals surface area contributed by atoms with E-state index >= 15 is 0 Å². The molecular formula is C25H31FN4O6S. The van der Waals surface area contributed by atoms with Crippen LogP contribution in [0.2, 0.25) is 0 Å². The number of hydrogen-bond acceptors (Lipinski definition) is 8. The maximum absolute atomic E-state index is 14.3. The Morgan fingerprint density at radius 2 is 1.97 bits per heavy atom. The smallest absolute Gasteiger partial charge is 0.329 e. The Balaban J connectivity index is 2.37. The van der Waals surface area contributed by atoms with E-state index in [-0.39, 0.29) is 41.1 Å². The van der Waals surface area contributed by atoms with E-state index in [1.165, 1.54) is 26.0 Å². The van der Waals surface area contributed by atoms with Crippen molar-refractivity contribution >= 4 is 40.6 Å². The van der Waals surface area contributed by atoms with Gasteiger partial charge in [0.2, 0.25) is 5.91 Å². The van der Waals surface area contributed by atoms with Crippen LogP contribution in [-0.2, 0) is 30.5 Å². The van der Waals surface area contributed by atoms with Crippen LogP contribution < -0.4 is 16.0 Å². The fraction of sp³-hybridized carbons (Fsp3) is 0.440. The molecule has 0 saturated heterocycles. The first-order valence-electron chi connectivity index (χ1n) is 11.7. The molecule has 3 amide bonds. The number of aromatic nitrogens is 1. The number of amides is 3. The minimum Gasteiger partial charge on any atom is -0.456 e. The number of nitrogens with zero attached hydrogens (tertiary/aromatic N) is 1. The number of fused-ring (bicyclic) bond motifs is 2. The Labute approximate surface area is 218 Å². The Morgan fingerprint density at radius 3 is 2.62 bits per heavy atom. The summed E-state index contributed by atoms with van der Waals surface area (Å²) >= 11 is 1.14. The molecule has 0 radical (unpaired) electrons. The molecule has 1 aromatic rings. The number of thioether (sulfide) groups is 1. The van der Waals surface area contributed by atoms with E-state index in [9.17, 15) is 28.4 Å². The summed E-state index contributed by atoms with van der Waals surface area (Å²) in [7, 11) is 0. The summed E-state index contributed by atoms with van der Waals surface area (Å²) < 4.78 is 19.8. The van der Waals surface area contributed by atoms with E-state index in [1.807, 2.05) is 0 Å². The molecule has 10 nitrogen and oxygen atoms in total. The van der Waals surface area contributed by atoms with Crippen molar-refractivity contribution in [2.75, 3.05) is 5.75 Å². The van der Waals surface area contributed by atoms with Gasteiger partial charge >= 0.3 is 5.97 Å². The molecule has 0 saturated carbocycles. The Bertz CT molecular complexity index is 1100. The van der Waals surface area contributed by atoms with Gasteiger partial charge in [-0.1, -0.05) is 37.8 Å². The predicted molar refractivity (Wildman–Crippen MR) is 135 cm³/mol. The second-order valence-electron chi connectivity index (χ2n) is 8.49. The number of ether oxygens (including phenoxy) is 1. The van der Waals surface area contributed by atoms with Crippen molar-refractivity contribution in [3.8, 4) is 0 Å². The fourth-order valence-corrected chi connectivity index (χ4v) is 3.77. The van der Waals surface area contributed by atoms with Crippen LogP contribution in [0.25, 0.3) is 0 Å². The number of carbonyl (C=O) groups excluding carboxylic acids is 5. The van der Waals surface area contributed by atoms with Gasteiger partial charge in [0.1, 0.15) is 29.4 Å². The maximum atomic E-state index is 14.3. The molecule has 1 aliphatic rings. The van der Waals surface area contributed by atoms with Gasteiger partial charge in [0, 0.05) is 12.7 Å². The number of carbonyl (C=O) groups is 5. The van der Waals surface area contributed by atoms with Crippen LogP contribution in [0.4, 0.5) is 4.39 Å². The molecule has 37 heavy (non-hydrogen) atoms. The van der Waals surface area contributed by atoms with Crippen molar-refractivity contribution in [1.29, 1.82) is 0 Å². The van der Waals surface area contributed by atoms with Gasteiger partial charge in [0.15, 0.2) is 5.12 Å². The first-order valence-corrected chi connectivity index (χ1v) is 12.7. The molecule has 1 aromatic heterocycles. The highest BCUT2D eigenvalue weighted by atomic mass is 32.2. The summed E-state index contributed by atoms with van der Waals surface area (Å²) in [6.45, 7) is 6.09. The molecular weight excluding hydrogens is 503 g/mol. The summed E-state index contributed by atoms with van der Waals surface area (Å²) in [6, 6.07) is 1.13. The minimum atomic E-state index is -1.07. The zero-order chi connectivity index (χ0) is 27.5. The third-order valence-electron chi connectivity index (χ3n) is 5.19. The van der Waals surface area contributed by atoms with E-state index in [4.69, 9.17) is 4.74 Å². The largest absolute Gasteiger partial charge is 0.456 e. The Hall–Kier alpha value is -3.54. The highest BCUT2D eigenvalue weighted by molar-refractivity contribution is 8.13. The molecule has 2 atom stereocenters. The third kappa shape index (κ3) is 9.45. The lowest BCUT2D eigenvalue weighted by Gasteiger charge is -2.24. The number of nitrogens with one attached hydrogen (secondary N) is 3. The number of rotatable bonds is 5. The van der Waals surface area contributed by atoms with E-state index in [2.05, 4.69) is 20.9 Å². The molecule has 0 aliphatic carbocycles. The lowest BCUT2D eigenvalue weighted by molar-refractivity contribution is -0.153. The summed E-state index contributed by atoms with van der Waals surface area (Å²) in [6.07, 6.45) is 3.83. The van der Waals surface area contributed by atoms with Crippen LogP contribution in [-0.4, -0.2) is 51.7 Å². The van der Waals surface area contributed by atoms with Crippen LogP contribution in [0.15, 0.2) is 36.1 Å². The topological polar surface area (TPSA) is 144 Å². The van der Waals surface area contributed by atoms with Crippen molar-refractivity contribution in [3.05, 3.63) is 53.3 Å². The summed E-state index contributed by atoms with van der Waals surface area (Å²) in [5.74, 6) is -3.40. The number of cyclic esters (lactones) is 1. The number of esters is 1. The van der Waals surface area contributed by atoms with Crippen LogP contribution >= 0.6 is 11.8 Å². The summed E-state index contributed by atoms with van der Waals surface area (Å²) in [5, 5.41) is 7.47. The molecule has 2 heterocycles. The van der Waals surface area contributed by atoms with Gasteiger partial charge in [0.25, 0.3) is 11.8 Å². The first kappa shape index (κ1) is 29.7. The monoisotopic (exact) mass is 534 g/mol. The molecule has 3 N–H and O–H groups in total. The van der Waals surface area contributed by atoms with E-state index < -0.39 is 41.7 Å². The van der Waals surface area contributed by atoms with Crippen molar-refractivity contribution in [1.82, 2.24) is 20.9 Å². The summed E-state index contributed by atoms with van der Waals surface area (Å²) in [5.41, 5.74) is -0.463.